The van der Waals surface area contributed by atoms with Gasteiger partial charge < -0.3 is 10.2 Å². The molecule has 3 rings (SSSR count). The number of carbonyl (C=O) groups is 1. The molecular weight excluding hydrogens is 324 g/mol. The summed E-state index contributed by atoms with van der Waals surface area (Å²) in [5.41, 5.74) is 4.07. The maximum atomic E-state index is 11.8. The highest BCUT2D eigenvalue weighted by Gasteiger charge is 2.59. The number of fused-ring (bicyclic) bond motifs is 1. The van der Waals surface area contributed by atoms with E-state index in [-0.39, 0.29) is 5.56 Å². The van der Waals surface area contributed by atoms with Gasteiger partial charge in [0.2, 0.25) is 0 Å². The molecule has 0 fully saturated rings. The molecule has 1 aliphatic carbocycles. The maximum Gasteiger partial charge on any atom is 0.335 e. The first-order valence-corrected chi connectivity index (χ1v) is 9.26. The van der Waals surface area contributed by atoms with Gasteiger partial charge in [-0.25, -0.2) is 4.79 Å². The molecule has 0 aliphatic heterocycles. The van der Waals surface area contributed by atoms with E-state index in [4.69, 9.17) is 5.11 Å². The highest BCUT2D eigenvalue weighted by atomic mass is 16.4. The van der Waals surface area contributed by atoms with E-state index in [1.165, 1.54) is 16.7 Å². The number of carboxylic acid groups (broad SMARTS) is 1. The average Bonchev–Trinajstić information content (AvgIpc) is 2.59. The zero-order chi connectivity index (χ0) is 19.4. The Bertz CT molecular complexity index is 843. The summed E-state index contributed by atoms with van der Waals surface area (Å²) < 4.78 is 0. The quantitative estimate of drug-likeness (QED) is 0.799. The number of aromatic carboxylic acids is 1. The van der Waals surface area contributed by atoms with Crippen LogP contribution in [0.2, 0.25) is 0 Å². The molecule has 2 aromatic rings. The minimum Gasteiger partial charge on any atom is -0.478 e. The SMILES string of the molecule is CC(C)c1cc(C(C)C)c2c(c1)C(C)(C)[C@@]2(O)c1ccc(C(=O)O)cc1. The standard InChI is InChI=1S/C23H28O3/c1-13(2)16-11-18(14(3)4)20-19(12-16)22(5,6)23(20,26)17-9-7-15(8-10-17)21(24)25/h7-14,26H,1-6H3,(H,24,25)/t23-/m1/s1. The van der Waals surface area contributed by atoms with Crippen LogP contribution in [0.5, 0.6) is 0 Å². The molecule has 0 amide bonds. The lowest BCUT2D eigenvalue weighted by atomic mass is 9.50. The minimum atomic E-state index is -1.12. The summed E-state index contributed by atoms with van der Waals surface area (Å²) in [4.78, 5) is 11.2. The lowest BCUT2D eigenvalue weighted by Crippen LogP contribution is -2.56. The number of aliphatic hydroxyl groups is 1. The Morgan fingerprint density at radius 3 is 2.00 bits per heavy atom. The zero-order valence-corrected chi connectivity index (χ0v) is 16.4. The van der Waals surface area contributed by atoms with Gasteiger partial charge in [0.15, 0.2) is 0 Å². The van der Waals surface area contributed by atoms with Gasteiger partial charge in [-0.1, -0.05) is 65.8 Å². The van der Waals surface area contributed by atoms with Gasteiger partial charge in [-0.05, 0) is 51.8 Å². The van der Waals surface area contributed by atoms with Crippen LogP contribution in [-0.2, 0) is 11.0 Å². The first kappa shape index (κ1) is 18.7. The van der Waals surface area contributed by atoms with Crippen molar-refractivity contribution in [3.63, 3.8) is 0 Å². The molecule has 3 nitrogen and oxygen atoms in total. The van der Waals surface area contributed by atoms with Crippen LogP contribution in [0, 0.1) is 0 Å². The molecule has 0 heterocycles. The van der Waals surface area contributed by atoms with Gasteiger partial charge in [-0.15, -0.1) is 0 Å². The number of benzene rings is 2. The Balaban J connectivity index is 2.23. The van der Waals surface area contributed by atoms with E-state index in [9.17, 15) is 9.90 Å². The van der Waals surface area contributed by atoms with Crippen LogP contribution in [-0.4, -0.2) is 16.2 Å². The molecule has 3 heteroatoms. The summed E-state index contributed by atoms with van der Waals surface area (Å²) >= 11 is 0. The van der Waals surface area contributed by atoms with E-state index in [1.807, 2.05) is 0 Å². The Kier molecular flexibility index (Phi) is 4.27. The lowest BCUT2D eigenvalue weighted by molar-refractivity contribution is -0.0255. The van der Waals surface area contributed by atoms with Crippen LogP contribution in [0.15, 0.2) is 36.4 Å². The predicted molar refractivity (Wildman–Crippen MR) is 104 cm³/mol. The van der Waals surface area contributed by atoms with Crippen molar-refractivity contribution in [3.8, 4) is 0 Å². The van der Waals surface area contributed by atoms with Crippen molar-refractivity contribution in [2.75, 3.05) is 0 Å². The molecule has 0 unspecified atom stereocenters. The van der Waals surface area contributed by atoms with Crippen LogP contribution < -0.4 is 0 Å². The fourth-order valence-corrected chi connectivity index (χ4v) is 4.18. The molecular formula is C23H28O3. The molecule has 1 aliphatic rings. The first-order chi connectivity index (χ1) is 12.0. The van der Waals surface area contributed by atoms with E-state index in [0.29, 0.717) is 11.8 Å². The van der Waals surface area contributed by atoms with Crippen LogP contribution in [0.4, 0.5) is 0 Å². The Morgan fingerprint density at radius 1 is 0.962 bits per heavy atom. The van der Waals surface area contributed by atoms with E-state index in [0.717, 1.165) is 11.1 Å². The second-order valence-corrected chi connectivity index (χ2v) is 8.56. The van der Waals surface area contributed by atoms with Crippen molar-refractivity contribution >= 4 is 5.97 Å². The van der Waals surface area contributed by atoms with Crippen LogP contribution >= 0.6 is 0 Å². The summed E-state index contributed by atoms with van der Waals surface area (Å²) in [6.45, 7) is 12.8. The molecule has 26 heavy (non-hydrogen) atoms. The minimum absolute atomic E-state index is 0.231. The molecule has 0 radical (unpaired) electrons. The molecule has 2 aromatic carbocycles. The Labute approximate surface area is 155 Å². The van der Waals surface area contributed by atoms with Crippen LogP contribution in [0.25, 0.3) is 0 Å². The van der Waals surface area contributed by atoms with Crippen molar-refractivity contribution in [1.82, 2.24) is 0 Å². The summed E-state index contributed by atoms with van der Waals surface area (Å²) in [7, 11) is 0. The van der Waals surface area contributed by atoms with E-state index in [1.54, 1.807) is 24.3 Å². The van der Waals surface area contributed by atoms with E-state index >= 15 is 0 Å². The van der Waals surface area contributed by atoms with E-state index < -0.39 is 17.0 Å². The van der Waals surface area contributed by atoms with Crippen LogP contribution in [0.3, 0.4) is 0 Å². The summed E-state index contributed by atoms with van der Waals surface area (Å²) in [5, 5.41) is 20.9. The normalized spacial score (nSPS) is 20.8. The molecule has 0 bridgehead atoms. The second kappa shape index (κ2) is 5.95. The highest BCUT2D eigenvalue weighted by molar-refractivity contribution is 5.87. The smallest absolute Gasteiger partial charge is 0.335 e. The monoisotopic (exact) mass is 352 g/mol. The van der Waals surface area contributed by atoms with Gasteiger partial charge in [-0.2, -0.15) is 0 Å². The van der Waals surface area contributed by atoms with Crippen molar-refractivity contribution in [1.29, 1.82) is 0 Å². The summed E-state index contributed by atoms with van der Waals surface area (Å²) in [6.07, 6.45) is 0. The third-order valence-corrected chi connectivity index (χ3v) is 5.97. The van der Waals surface area contributed by atoms with Crippen molar-refractivity contribution in [2.24, 2.45) is 0 Å². The van der Waals surface area contributed by atoms with Gasteiger partial charge >= 0.3 is 5.97 Å². The van der Waals surface area contributed by atoms with Gasteiger partial charge in [0.05, 0.1) is 5.56 Å². The Morgan fingerprint density at radius 2 is 1.54 bits per heavy atom. The topological polar surface area (TPSA) is 57.5 Å². The molecule has 1 atom stereocenters. The molecule has 0 aromatic heterocycles. The highest BCUT2D eigenvalue weighted by Crippen LogP contribution is 2.60. The molecule has 2 N–H and O–H groups in total. The summed E-state index contributed by atoms with van der Waals surface area (Å²) in [5.74, 6) is -0.234. The number of carboxylic acids is 1. The van der Waals surface area contributed by atoms with Crippen molar-refractivity contribution in [2.45, 2.75) is 64.4 Å². The van der Waals surface area contributed by atoms with E-state index in [2.05, 4.69) is 53.7 Å². The number of hydrogen-bond donors (Lipinski definition) is 2. The molecule has 0 saturated heterocycles. The van der Waals surface area contributed by atoms with Gasteiger partial charge in [0.1, 0.15) is 5.60 Å². The third kappa shape index (κ3) is 2.41. The molecule has 0 spiro atoms. The fraction of sp³-hybridized carbons (Fsp3) is 0.435. The van der Waals surface area contributed by atoms with Gasteiger partial charge in [0, 0.05) is 5.41 Å². The predicted octanol–water partition coefficient (Wildman–Crippen LogP) is 5.16. The average molecular weight is 352 g/mol. The van der Waals surface area contributed by atoms with Crippen molar-refractivity contribution in [3.05, 3.63) is 69.8 Å². The number of rotatable bonds is 4. The third-order valence-electron chi connectivity index (χ3n) is 5.97. The number of hydrogen-bond acceptors (Lipinski definition) is 2. The first-order valence-electron chi connectivity index (χ1n) is 9.26. The van der Waals surface area contributed by atoms with Crippen molar-refractivity contribution < 1.29 is 15.0 Å². The zero-order valence-electron chi connectivity index (χ0n) is 16.4. The fourth-order valence-electron chi connectivity index (χ4n) is 4.18. The van der Waals surface area contributed by atoms with Gasteiger partial charge in [0.25, 0.3) is 0 Å². The maximum absolute atomic E-state index is 11.8. The largest absolute Gasteiger partial charge is 0.478 e. The molecule has 138 valence electrons. The molecule has 0 saturated carbocycles. The second-order valence-electron chi connectivity index (χ2n) is 8.56. The lowest BCUT2D eigenvalue weighted by Gasteiger charge is -2.56. The Hall–Kier alpha value is -2.13. The van der Waals surface area contributed by atoms with Crippen LogP contribution in [0.1, 0.15) is 91.6 Å². The summed E-state index contributed by atoms with van der Waals surface area (Å²) in [6, 6.07) is 11.1. The van der Waals surface area contributed by atoms with Gasteiger partial charge in [-0.3, -0.25) is 0 Å².